The van der Waals surface area contributed by atoms with Crippen molar-refractivity contribution in [3.63, 3.8) is 0 Å². The van der Waals surface area contributed by atoms with Gasteiger partial charge in [0.25, 0.3) is 0 Å². The summed E-state index contributed by atoms with van der Waals surface area (Å²) in [5, 5.41) is 24.1. The highest BCUT2D eigenvalue weighted by Gasteiger charge is 2.08. The molecule has 2 rings (SSSR count). The van der Waals surface area contributed by atoms with Gasteiger partial charge < -0.3 is 9.84 Å². The summed E-state index contributed by atoms with van der Waals surface area (Å²) in [5.74, 6) is -1.76. The van der Waals surface area contributed by atoms with Gasteiger partial charge >= 0.3 is 5.97 Å². The summed E-state index contributed by atoms with van der Waals surface area (Å²) in [7, 11) is 0. The summed E-state index contributed by atoms with van der Waals surface area (Å²) >= 11 is 0. The molecule has 0 aliphatic rings. The van der Waals surface area contributed by atoms with Crippen molar-refractivity contribution in [2.24, 2.45) is 0 Å². The van der Waals surface area contributed by atoms with E-state index in [9.17, 15) is 9.18 Å². The van der Waals surface area contributed by atoms with Crippen LogP contribution in [-0.2, 0) is 0 Å². The molecule has 7 heteroatoms. The number of carboxylic acid groups (broad SMARTS) is 1. The van der Waals surface area contributed by atoms with E-state index in [1.54, 1.807) is 6.07 Å². The molecule has 0 aliphatic carbocycles. The molecule has 0 bridgehead atoms. The van der Waals surface area contributed by atoms with Crippen LogP contribution in [0, 0.1) is 17.1 Å². The van der Waals surface area contributed by atoms with Crippen LogP contribution in [0.25, 0.3) is 0 Å². The summed E-state index contributed by atoms with van der Waals surface area (Å²) in [4.78, 5) is 10.6. The number of carboxylic acids is 1. The minimum atomic E-state index is -1.21. The number of halogens is 1. The van der Waals surface area contributed by atoms with Gasteiger partial charge in [-0.25, -0.2) is 9.18 Å². The van der Waals surface area contributed by atoms with Crippen LogP contribution >= 0.6 is 0 Å². The standard InChI is InChI=1S/C12H6FN3O3/c13-9-5-8(2-1-7(9)6-14)19-11-4-3-10(12(17)18)15-16-11/h1-5H,(H,17,18). The van der Waals surface area contributed by atoms with Gasteiger partial charge in [0.05, 0.1) is 5.56 Å². The lowest BCUT2D eigenvalue weighted by molar-refractivity contribution is 0.0689. The van der Waals surface area contributed by atoms with E-state index >= 15 is 0 Å². The number of aromatic nitrogens is 2. The molecule has 1 N–H and O–H groups in total. The SMILES string of the molecule is N#Cc1ccc(Oc2ccc(C(=O)O)nn2)cc1F. The van der Waals surface area contributed by atoms with Crippen LogP contribution < -0.4 is 4.74 Å². The Morgan fingerprint density at radius 3 is 2.63 bits per heavy atom. The molecule has 94 valence electrons. The van der Waals surface area contributed by atoms with Gasteiger partial charge in [-0.3, -0.25) is 0 Å². The first-order valence-electron chi connectivity index (χ1n) is 5.04. The maximum absolute atomic E-state index is 13.3. The van der Waals surface area contributed by atoms with Crippen LogP contribution in [0.4, 0.5) is 4.39 Å². The molecular weight excluding hydrogens is 253 g/mol. The smallest absolute Gasteiger partial charge is 0.356 e. The topological polar surface area (TPSA) is 96.1 Å². The molecule has 1 heterocycles. The van der Waals surface area contributed by atoms with Crippen molar-refractivity contribution in [2.75, 3.05) is 0 Å². The molecule has 0 unspecified atom stereocenters. The van der Waals surface area contributed by atoms with Crippen molar-refractivity contribution in [1.82, 2.24) is 10.2 Å². The molecule has 6 nitrogen and oxygen atoms in total. The van der Waals surface area contributed by atoms with Crippen LogP contribution in [0.1, 0.15) is 16.1 Å². The molecule has 0 radical (unpaired) electrons. The third-order valence-corrected chi connectivity index (χ3v) is 2.14. The summed E-state index contributed by atoms with van der Waals surface area (Å²) in [6, 6.07) is 7.89. The number of nitrogens with zero attached hydrogens (tertiary/aromatic N) is 3. The van der Waals surface area contributed by atoms with E-state index in [1.807, 2.05) is 0 Å². The Kier molecular flexibility index (Phi) is 3.34. The van der Waals surface area contributed by atoms with Crippen LogP contribution in [0.3, 0.4) is 0 Å². The van der Waals surface area contributed by atoms with Gasteiger partial charge in [-0.1, -0.05) is 0 Å². The van der Waals surface area contributed by atoms with E-state index < -0.39 is 11.8 Å². The minimum absolute atomic E-state index is 0.0223. The van der Waals surface area contributed by atoms with Crippen LogP contribution in [-0.4, -0.2) is 21.3 Å². The zero-order valence-electron chi connectivity index (χ0n) is 9.37. The fourth-order valence-electron chi connectivity index (χ4n) is 1.26. The molecule has 2 aromatic rings. The summed E-state index contributed by atoms with van der Waals surface area (Å²) in [6.07, 6.45) is 0. The number of benzene rings is 1. The van der Waals surface area contributed by atoms with Crippen molar-refractivity contribution < 1.29 is 19.0 Å². The molecular formula is C12H6FN3O3. The first-order chi connectivity index (χ1) is 9.10. The Bertz CT molecular complexity index is 665. The second kappa shape index (κ2) is 5.10. The van der Waals surface area contributed by atoms with Gasteiger partial charge in [-0.05, 0) is 18.2 Å². The lowest BCUT2D eigenvalue weighted by Crippen LogP contribution is -2.02. The van der Waals surface area contributed by atoms with E-state index in [0.29, 0.717) is 0 Å². The highest BCUT2D eigenvalue weighted by Crippen LogP contribution is 2.21. The number of nitriles is 1. The minimum Gasteiger partial charge on any atom is -0.476 e. The van der Waals surface area contributed by atoms with Crippen molar-refractivity contribution in [2.45, 2.75) is 0 Å². The predicted molar refractivity (Wildman–Crippen MR) is 60.2 cm³/mol. The number of aromatic carboxylic acids is 1. The Balaban J connectivity index is 2.19. The molecule has 0 spiro atoms. The van der Waals surface area contributed by atoms with Gasteiger partial charge in [0, 0.05) is 12.1 Å². The molecule has 0 amide bonds. The van der Waals surface area contributed by atoms with Crippen molar-refractivity contribution in [3.05, 3.63) is 47.4 Å². The number of carbonyl (C=O) groups is 1. The molecule has 0 atom stereocenters. The summed E-state index contributed by atoms with van der Waals surface area (Å²) in [5.41, 5.74) is -0.321. The maximum atomic E-state index is 13.3. The monoisotopic (exact) mass is 259 g/mol. The quantitative estimate of drug-likeness (QED) is 0.905. The van der Waals surface area contributed by atoms with Crippen molar-refractivity contribution >= 4 is 5.97 Å². The predicted octanol–water partition coefficient (Wildman–Crippen LogP) is 1.98. The van der Waals surface area contributed by atoms with Crippen molar-refractivity contribution in [1.29, 1.82) is 5.26 Å². The van der Waals surface area contributed by atoms with Gasteiger partial charge in [0.2, 0.25) is 5.88 Å². The number of rotatable bonds is 3. The van der Waals surface area contributed by atoms with Crippen molar-refractivity contribution in [3.8, 4) is 17.7 Å². The second-order valence-electron chi connectivity index (χ2n) is 3.42. The van der Waals surface area contributed by atoms with Gasteiger partial charge in [0.1, 0.15) is 17.6 Å². The fourth-order valence-corrected chi connectivity index (χ4v) is 1.26. The Hall–Kier alpha value is -3.01. The van der Waals surface area contributed by atoms with Crippen LogP contribution in [0.15, 0.2) is 30.3 Å². The van der Waals surface area contributed by atoms with E-state index in [-0.39, 0.29) is 22.9 Å². The zero-order valence-corrected chi connectivity index (χ0v) is 9.37. The summed E-state index contributed by atoms with van der Waals surface area (Å²) < 4.78 is 18.5. The van der Waals surface area contributed by atoms with Crippen LogP contribution in [0.2, 0.25) is 0 Å². The average molecular weight is 259 g/mol. The number of hydrogen-bond donors (Lipinski definition) is 1. The molecule has 1 aromatic heterocycles. The highest BCUT2D eigenvalue weighted by atomic mass is 19.1. The molecule has 0 aliphatic heterocycles. The first kappa shape index (κ1) is 12.4. The summed E-state index contributed by atoms with van der Waals surface area (Å²) in [6.45, 7) is 0. The number of ether oxygens (including phenoxy) is 1. The maximum Gasteiger partial charge on any atom is 0.356 e. The third-order valence-electron chi connectivity index (χ3n) is 2.14. The molecule has 0 saturated carbocycles. The average Bonchev–Trinajstić information content (AvgIpc) is 2.39. The third kappa shape index (κ3) is 2.81. The molecule has 1 aromatic carbocycles. The number of hydrogen-bond acceptors (Lipinski definition) is 5. The first-order valence-corrected chi connectivity index (χ1v) is 5.04. The van der Waals surface area contributed by atoms with Gasteiger partial charge in [-0.2, -0.15) is 5.26 Å². The normalized spacial score (nSPS) is 9.68. The van der Waals surface area contributed by atoms with Gasteiger partial charge in [-0.15, -0.1) is 10.2 Å². The fraction of sp³-hybridized carbons (Fsp3) is 0. The molecule has 0 saturated heterocycles. The zero-order chi connectivity index (χ0) is 13.8. The Morgan fingerprint density at radius 1 is 1.32 bits per heavy atom. The van der Waals surface area contributed by atoms with E-state index in [1.165, 1.54) is 24.3 Å². The second-order valence-corrected chi connectivity index (χ2v) is 3.42. The van der Waals surface area contributed by atoms with E-state index in [2.05, 4.69) is 10.2 Å². The Labute approximate surface area is 106 Å². The largest absolute Gasteiger partial charge is 0.476 e. The van der Waals surface area contributed by atoms with Gasteiger partial charge in [0.15, 0.2) is 5.69 Å². The molecule has 19 heavy (non-hydrogen) atoms. The van der Waals surface area contributed by atoms with Crippen LogP contribution in [0.5, 0.6) is 11.6 Å². The lowest BCUT2D eigenvalue weighted by atomic mass is 10.2. The van der Waals surface area contributed by atoms with E-state index in [4.69, 9.17) is 15.1 Å². The molecule has 0 fully saturated rings. The highest BCUT2D eigenvalue weighted by molar-refractivity contribution is 5.84. The van der Waals surface area contributed by atoms with E-state index in [0.717, 1.165) is 6.07 Å². The lowest BCUT2D eigenvalue weighted by Gasteiger charge is -2.04. The Morgan fingerprint density at radius 2 is 2.11 bits per heavy atom.